The number of hydrazone groups is 1. The highest BCUT2D eigenvalue weighted by Gasteiger charge is 2.01. The zero-order valence-corrected chi connectivity index (χ0v) is 11.3. The standard InChI is InChI=1S/C14H14N2O2S/c1-11-3-2-4-13(7-11)18-9-14(17)16-15-8-12-5-6-19-10-12/h2-8,10H,9H2,1H3,(H,16,17). The van der Waals surface area contributed by atoms with Crippen molar-refractivity contribution in [1.29, 1.82) is 0 Å². The third-order valence-corrected chi connectivity index (χ3v) is 3.01. The van der Waals surface area contributed by atoms with Gasteiger partial charge in [0.25, 0.3) is 5.91 Å². The Morgan fingerprint density at radius 1 is 1.47 bits per heavy atom. The van der Waals surface area contributed by atoms with Gasteiger partial charge in [0.1, 0.15) is 5.75 Å². The van der Waals surface area contributed by atoms with Crippen molar-refractivity contribution in [2.75, 3.05) is 6.61 Å². The van der Waals surface area contributed by atoms with Crippen molar-refractivity contribution in [2.45, 2.75) is 6.92 Å². The van der Waals surface area contributed by atoms with E-state index in [0.717, 1.165) is 11.1 Å². The predicted octanol–water partition coefficient (Wildman–Crippen LogP) is 2.59. The van der Waals surface area contributed by atoms with Gasteiger partial charge >= 0.3 is 0 Å². The van der Waals surface area contributed by atoms with Crippen molar-refractivity contribution in [3.63, 3.8) is 0 Å². The van der Waals surface area contributed by atoms with Gasteiger partial charge in [0.05, 0.1) is 6.21 Å². The maximum Gasteiger partial charge on any atom is 0.277 e. The zero-order valence-electron chi connectivity index (χ0n) is 10.5. The summed E-state index contributed by atoms with van der Waals surface area (Å²) in [6, 6.07) is 9.47. The molecule has 1 aromatic heterocycles. The number of aryl methyl sites for hydroxylation is 1. The van der Waals surface area contributed by atoms with E-state index in [1.165, 1.54) is 0 Å². The highest BCUT2D eigenvalue weighted by Crippen LogP contribution is 2.11. The maximum atomic E-state index is 11.5. The van der Waals surface area contributed by atoms with E-state index in [1.54, 1.807) is 17.6 Å². The average molecular weight is 274 g/mol. The van der Waals surface area contributed by atoms with Gasteiger partial charge in [-0.05, 0) is 41.4 Å². The number of thiophene rings is 1. The van der Waals surface area contributed by atoms with Crippen LogP contribution in [0.4, 0.5) is 0 Å². The maximum absolute atomic E-state index is 11.5. The average Bonchev–Trinajstić information content (AvgIpc) is 2.90. The summed E-state index contributed by atoms with van der Waals surface area (Å²) >= 11 is 1.58. The molecule has 0 unspecified atom stereocenters. The SMILES string of the molecule is Cc1cccc(OCC(=O)NN=Cc2ccsc2)c1. The van der Waals surface area contributed by atoms with E-state index in [2.05, 4.69) is 10.5 Å². The number of nitrogens with one attached hydrogen (secondary N) is 1. The van der Waals surface area contributed by atoms with Gasteiger partial charge in [-0.25, -0.2) is 5.43 Å². The molecule has 4 nitrogen and oxygen atoms in total. The number of hydrogen-bond donors (Lipinski definition) is 1. The van der Waals surface area contributed by atoms with Crippen LogP contribution in [-0.4, -0.2) is 18.7 Å². The number of amides is 1. The number of carbonyl (C=O) groups excluding carboxylic acids is 1. The molecule has 98 valence electrons. The smallest absolute Gasteiger partial charge is 0.277 e. The summed E-state index contributed by atoms with van der Waals surface area (Å²) in [6.07, 6.45) is 1.60. The molecular formula is C14H14N2O2S. The Morgan fingerprint density at radius 3 is 3.11 bits per heavy atom. The summed E-state index contributed by atoms with van der Waals surface area (Å²) in [5, 5.41) is 7.74. The first kappa shape index (κ1) is 13.3. The lowest BCUT2D eigenvalue weighted by atomic mass is 10.2. The van der Waals surface area contributed by atoms with Crippen LogP contribution in [0.3, 0.4) is 0 Å². The number of nitrogens with zero attached hydrogens (tertiary/aromatic N) is 1. The van der Waals surface area contributed by atoms with Crippen LogP contribution < -0.4 is 10.2 Å². The zero-order chi connectivity index (χ0) is 13.5. The number of ether oxygens (including phenoxy) is 1. The molecule has 0 saturated heterocycles. The van der Waals surface area contributed by atoms with Crippen LogP contribution in [0.25, 0.3) is 0 Å². The first-order chi connectivity index (χ1) is 9.24. The first-order valence-corrected chi connectivity index (χ1v) is 6.72. The van der Waals surface area contributed by atoms with Gasteiger partial charge < -0.3 is 4.74 Å². The first-order valence-electron chi connectivity index (χ1n) is 5.77. The Balaban J connectivity index is 1.76. The van der Waals surface area contributed by atoms with Crippen LogP contribution in [0.5, 0.6) is 5.75 Å². The Labute approximate surface area is 115 Å². The van der Waals surface area contributed by atoms with E-state index in [0.29, 0.717) is 5.75 Å². The number of carbonyl (C=O) groups is 1. The Bertz CT molecular complexity index is 565. The fourth-order valence-electron chi connectivity index (χ4n) is 1.41. The lowest BCUT2D eigenvalue weighted by molar-refractivity contribution is -0.123. The molecule has 0 radical (unpaired) electrons. The van der Waals surface area contributed by atoms with Gasteiger partial charge in [-0.2, -0.15) is 16.4 Å². The van der Waals surface area contributed by atoms with Crippen molar-refractivity contribution in [2.24, 2.45) is 5.10 Å². The monoisotopic (exact) mass is 274 g/mol. The van der Waals surface area contributed by atoms with Crippen molar-refractivity contribution in [3.05, 3.63) is 52.2 Å². The molecule has 1 heterocycles. The summed E-state index contributed by atoms with van der Waals surface area (Å²) in [6.45, 7) is 1.92. The largest absolute Gasteiger partial charge is 0.484 e. The lowest BCUT2D eigenvalue weighted by Crippen LogP contribution is -2.24. The van der Waals surface area contributed by atoms with Crippen molar-refractivity contribution in [3.8, 4) is 5.75 Å². The Kier molecular flexibility index (Phi) is 4.69. The molecule has 5 heteroatoms. The van der Waals surface area contributed by atoms with Crippen molar-refractivity contribution >= 4 is 23.5 Å². The van der Waals surface area contributed by atoms with E-state index in [9.17, 15) is 4.79 Å². The van der Waals surface area contributed by atoms with Gasteiger partial charge in [-0.3, -0.25) is 4.79 Å². The molecule has 0 saturated carbocycles. The molecule has 1 N–H and O–H groups in total. The van der Waals surface area contributed by atoms with Gasteiger partial charge in [-0.1, -0.05) is 12.1 Å². The van der Waals surface area contributed by atoms with E-state index < -0.39 is 0 Å². The predicted molar refractivity (Wildman–Crippen MR) is 76.7 cm³/mol. The summed E-state index contributed by atoms with van der Waals surface area (Å²) in [5.74, 6) is 0.393. The molecule has 0 aliphatic heterocycles. The number of hydrogen-bond acceptors (Lipinski definition) is 4. The molecule has 1 amide bonds. The number of benzene rings is 1. The minimum absolute atomic E-state index is 0.0512. The molecule has 19 heavy (non-hydrogen) atoms. The quantitative estimate of drug-likeness (QED) is 0.673. The molecule has 0 fully saturated rings. The Morgan fingerprint density at radius 2 is 2.37 bits per heavy atom. The van der Waals surface area contributed by atoms with Crippen molar-refractivity contribution < 1.29 is 9.53 Å². The highest BCUT2D eigenvalue weighted by atomic mass is 32.1. The molecule has 1 aromatic carbocycles. The van der Waals surface area contributed by atoms with Crippen LogP contribution in [0.15, 0.2) is 46.2 Å². The van der Waals surface area contributed by atoms with E-state index in [4.69, 9.17) is 4.74 Å². The Hall–Kier alpha value is -2.14. The molecule has 0 spiro atoms. The normalized spacial score (nSPS) is 10.6. The van der Waals surface area contributed by atoms with Crippen LogP contribution in [0.1, 0.15) is 11.1 Å². The van der Waals surface area contributed by atoms with Crippen molar-refractivity contribution in [1.82, 2.24) is 5.43 Å². The van der Waals surface area contributed by atoms with Crippen LogP contribution >= 0.6 is 11.3 Å². The minimum Gasteiger partial charge on any atom is -0.484 e. The van der Waals surface area contributed by atoms with E-state index in [1.807, 2.05) is 48.0 Å². The molecule has 0 aliphatic rings. The topological polar surface area (TPSA) is 50.7 Å². The second-order valence-electron chi connectivity index (χ2n) is 3.96. The molecule has 0 atom stereocenters. The van der Waals surface area contributed by atoms with Crippen LogP contribution in [0.2, 0.25) is 0 Å². The molecular weight excluding hydrogens is 260 g/mol. The molecule has 0 aliphatic carbocycles. The summed E-state index contributed by atoms with van der Waals surface area (Å²) in [7, 11) is 0. The van der Waals surface area contributed by atoms with Gasteiger partial charge in [-0.15, -0.1) is 0 Å². The highest BCUT2D eigenvalue weighted by molar-refractivity contribution is 7.08. The fraction of sp³-hybridized carbons (Fsp3) is 0.143. The third-order valence-electron chi connectivity index (χ3n) is 2.31. The molecule has 2 rings (SSSR count). The summed E-state index contributed by atoms with van der Waals surface area (Å²) < 4.78 is 5.35. The van der Waals surface area contributed by atoms with Gasteiger partial charge in [0.15, 0.2) is 6.61 Å². The van der Waals surface area contributed by atoms with E-state index >= 15 is 0 Å². The molecule has 0 bridgehead atoms. The van der Waals surface area contributed by atoms with Crippen LogP contribution in [-0.2, 0) is 4.79 Å². The van der Waals surface area contributed by atoms with Gasteiger partial charge in [0.2, 0.25) is 0 Å². The lowest BCUT2D eigenvalue weighted by Gasteiger charge is -2.05. The van der Waals surface area contributed by atoms with Gasteiger partial charge in [0, 0.05) is 5.56 Å². The molecule has 2 aromatic rings. The number of rotatable bonds is 5. The minimum atomic E-state index is -0.284. The second-order valence-corrected chi connectivity index (χ2v) is 4.74. The summed E-state index contributed by atoms with van der Waals surface area (Å²) in [4.78, 5) is 11.5. The second kappa shape index (κ2) is 6.70. The fourth-order valence-corrected chi connectivity index (χ4v) is 2.02. The summed E-state index contributed by atoms with van der Waals surface area (Å²) in [5.41, 5.74) is 4.47. The third kappa shape index (κ3) is 4.56. The van der Waals surface area contributed by atoms with Crippen LogP contribution in [0, 0.1) is 6.92 Å². The van der Waals surface area contributed by atoms with E-state index in [-0.39, 0.29) is 12.5 Å².